The quantitative estimate of drug-likeness (QED) is 0.680. The Morgan fingerprint density at radius 1 is 1.73 bits per heavy atom. The molecule has 0 bridgehead atoms. The molecule has 0 atom stereocenters. The maximum absolute atomic E-state index is 5.40. The third kappa shape index (κ3) is 2.09. The van der Waals surface area contributed by atoms with Crippen molar-refractivity contribution < 1.29 is 0 Å². The van der Waals surface area contributed by atoms with Gasteiger partial charge in [0.2, 0.25) is 0 Å². The van der Waals surface area contributed by atoms with Gasteiger partial charge in [0.25, 0.3) is 0 Å². The van der Waals surface area contributed by atoms with Gasteiger partial charge in [-0.1, -0.05) is 24.6 Å². The van der Waals surface area contributed by atoms with Crippen LogP contribution in [0.3, 0.4) is 0 Å². The summed E-state index contributed by atoms with van der Waals surface area (Å²) in [6.45, 7) is 2.92. The van der Waals surface area contributed by atoms with Crippen LogP contribution in [0, 0.1) is 0 Å². The van der Waals surface area contributed by atoms with Gasteiger partial charge < -0.3 is 4.57 Å². The van der Waals surface area contributed by atoms with Gasteiger partial charge in [-0.25, -0.2) is 4.98 Å². The number of aromatic nitrogens is 2. The van der Waals surface area contributed by atoms with Gasteiger partial charge in [-0.3, -0.25) is 0 Å². The van der Waals surface area contributed by atoms with Crippen LogP contribution in [0.1, 0.15) is 12.6 Å². The minimum atomic E-state index is 0.812. The summed E-state index contributed by atoms with van der Waals surface area (Å²) in [6.07, 6.45) is 6.59. The van der Waals surface area contributed by atoms with Crippen molar-refractivity contribution in [3.63, 3.8) is 0 Å². The van der Waals surface area contributed by atoms with Crippen molar-refractivity contribution in [1.82, 2.24) is 9.55 Å². The van der Waals surface area contributed by atoms with Crippen molar-refractivity contribution in [3.05, 3.63) is 29.8 Å². The van der Waals surface area contributed by atoms with Gasteiger partial charge in [0, 0.05) is 24.0 Å². The zero-order chi connectivity index (χ0) is 8.10. The lowest BCUT2D eigenvalue weighted by Gasteiger charge is -2.00. The number of nitrogens with zero attached hydrogens (tertiary/aromatic N) is 2. The smallest absolute Gasteiger partial charge is 0.0951 e. The first-order chi connectivity index (χ1) is 5.38. The molecule has 60 valence electrons. The van der Waals surface area contributed by atoms with Crippen molar-refractivity contribution in [1.29, 1.82) is 0 Å². The molecule has 0 aliphatic carbocycles. The highest BCUT2D eigenvalue weighted by molar-refractivity contribution is 6.25. The second-order valence-electron chi connectivity index (χ2n) is 2.25. The Bertz CT molecular complexity index is 240. The summed E-state index contributed by atoms with van der Waals surface area (Å²) >= 11 is 5.40. The maximum atomic E-state index is 5.40. The third-order valence-electron chi connectivity index (χ3n) is 1.55. The normalized spacial score (nSPS) is 11.1. The number of imidazole rings is 1. The van der Waals surface area contributed by atoms with Crippen LogP contribution < -0.4 is 0 Å². The van der Waals surface area contributed by atoms with Crippen LogP contribution in [0.25, 0.3) is 0 Å². The van der Waals surface area contributed by atoms with Gasteiger partial charge in [0.15, 0.2) is 0 Å². The van der Waals surface area contributed by atoms with Crippen LogP contribution in [-0.2, 0) is 13.0 Å². The lowest BCUT2D eigenvalue weighted by atomic mass is 10.3. The summed E-state index contributed by atoms with van der Waals surface area (Å²) in [7, 11) is 0. The number of aryl methyl sites for hydroxylation is 1. The second kappa shape index (κ2) is 4.19. The highest BCUT2D eigenvalue weighted by Gasteiger charge is 1.95. The molecule has 0 amide bonds. The molecule has 0 unspecified atom stereocenters. The summed E-state index contributed by atoms with van der Waals surface area (Å²) in [5.41, 5.74) is 2.76. The Balaban J connectivity index is 2.68. The van der Waals surface area contributed by atoms with Gasteiger partial charge in [-0.05, 0) is 6.42 Å². The van der Waals surface area contributed by atoms with E-state index in [1.165, 1.54) is 11.2 Å². The summed E-state index contributed by atoms with van der Waals surface area (Å²) in [5, 5.41) is 0. The molecule has 0 spiro atoms. The molecule has 0 fully saturated rings. The second-order valence-corrected chi connectivity index (χ2v) is 2.50. The molecule has 1 aromatic heterocycles. The highest BCUT2D eigenvalue weighted by Crippen LogP contribution is 1.99. The van der Waals surface area contributed by atoms with Crippen LogP contribution >= 0.6 is 11.6 Å². The van der Waals surface area contributed by atoms with Gasteiger partial charge in [0.05, 0.1) is 6.33 Å². The molecule has 0 saturated carbocycles. The Morgan fingerprint density at radius 2 is 2.55 bits per heavy atom. The minimum absolute atomic E-state index is 0.812. The van der Waals surface area contributed by atoms with Crippen molar-refractivity contribution >= 4 is 11.6 Å². The molecule has 3 heteroatoms. The number of allylic oxidation sites excluding steroid dienone is 1. The van der Waals surface area contributed by atoms with Gasteiger partial charge in [0.1, 0.15) is 0 Å². The largest absolute Gasteiger partial charge is 0.331 e. The molecule has 0 aliphatic heterocycles. The number of rotatable bonds is 3. The maximum Gasteiger partial charge on any atom is 0.0951 e. The zero-order valence-corrected chi connectivity index (χ0v) is 7.25. The van der Waals surface area contributed by atoms with E-state index in [9.17, 15) is 0 Å². The lowest BCUT2D eigenvalue weighted by molar-refractivity contribution is 0.764. The Hall–Kier alpha value is -0.760. The van der Waals surface area contributed by atoms with E-state index in [1.807, 2.05) is 18.6 Å². The fourth-order valence-corrected chi connectivity index (χ4v) is 1.04. The van der Waals surface area contributed by atoms with E-state index in [1.54, 1.807) is 0 Å². The van der Waals surface area contributed by atoms with E-state index in [0.29, 0.717) is 0 Å². The molecule has 2 nitrogen and oxygen atoms in total. The average molecular weight is 171 g/mol. The Morgan fingerprint density at radius 3 is 3.18 bits per heavy atom. The molecule has 1 aromatic rings. The van der Waals surface area contributed by atoms with E-state index < -0.39 is 0 Å². The standard InChI is InChI=1S/C8H11ClN2/c1-2-8-6-10-7-11(8)5-3-4-9/h3-4,6-7H,2,5H2,1H3. The van der Waals surface area contributed by atoms with Gasteiger partial charge in [-0.2, -0.15) is 0 Å². The lowest BCUT2D eigenvalue weighted by Crippen LogP contribution is -1.97. The summed E-state index contributed by atoms with van der Waals surface area (Å²) in [6, 6.07) is 0. The van der Waals surface area contributed by atoms with Crippen molar-refractivity contribution in [3.8, 4) is 0 Å². The monoisotopic (exact) mass is 170 g/mol. The summed E-state index contributed by atoms with van der Waals surface area (Å²) < 4.78 is 2.07. The van der Waals surface area contributed by atoms with Gasteiger partial charge >= 0.3 is 0 Å². The molecule has 0 radical (unpaired) electrons. The molecular weight excluding hydrogens is 160 g/mol. The van der Waals surface area contributed by atoms with Crippen molar-refractivity contribution in [2.24, 2.45) is 0 Å². The molecular formula is C8H11ClN2. The molecule has 0 aliphatic rings. The van der Waals surface area contributed by atoms with Crippen molar-refractivity contribution in [2.45, 2.75) is 19.9 Å². The molecule has 11 heavy (non-hydrogen) atoms. The Kier molecular flexibility index (Phi) is 3.17. The number of halogens is 1. The van der Waals surface area contributed by atoms with Crippen molar-refractivity contribution in [2.75, 3.05) is 0 Å². The minimum Gasteiger partial charge on any atom is -0.331 e. The average Bonchev–Trinajstić information content (AvgIpc) is 2.47. The fraction of sp³-hybridized carbons (Fsp3) is 0.375. The predicted octanol–water partition coefficient (Wildman–Crippen LogP) is 2.20. The van der Waals surface area contributed by atoms with E-state index in [2.05, 4.69) is 16.5 Å². The first kappa shape index (κ1) is 8.34. The van der Waals surface area contributed by atoms with Gasteiger partial charge in [-0.15, -0.1) is 0 Å². The Labute approximate surface area is 71.5 Å². The van der Waals surface area contributed by atoms with E-state index >= 15 is 0 Å². The molecule has 0 saturated heterocycles. The molecule has 1 heterocycles. The molecule has 1 rings (SSSR count). The highest BCUT2D eigenvalue weighted by atomic mass is 35.5. The van der Waals surface area contributed by atoms with Crippen LogP contribution in [0.15, 0.2) is 24.1 Å². The first-order valence-corrected chi connectivity index (χ1v) is 4.06. The van der Waals surface area contributed by atoms with Crippen LogP contribution in [0.2, 0.25) is 0 Å². The van der Waals surface area contributed by atoms with E-state index in [-0.39, 0.29) is 0 Å². The predicted molar refractivity (Wildman–Crippen MR) is 46.6 cm³/mol. The number of hydrogen-bond donors (Lipinski definition) is 0. The van der Waals surface area contributed by atoms with Crippen LogP contribution in [0.5, 0.6) is 0 Å². The molecule has 0 N–H and O–H groups in total. The van der Waals surface area contributed by atoms with E-state index in [0.717, 1.165) is 13.0 Å². The zero-order valence-electron chi connectivity index (χ0n) is 6.50. The third-order valence-corrected chi connectivity index (χ3v) is 1.73. The van der Waals surface area contributed by atoms with Crippen LogP contribution in [-0.4, -0.2) is 9.55 Å². The SMILES string of the molecule is CCc1cncn1CC=CCl. The summed E-state index contributed by atoms with van der Waals surface area (Å²) in [5.74, 6) is 0. The van der Waals surface area contributed by atoms with Crippen LogP contribution in [0.4, 0.5) is 0 Å². The number of hydrogen-bond acceptors (Lipinski definition) is 1. The molecule has 0 aromatic carbocycles. The van der Waals surface area contributed by atoms with E-state index in [4.69, 9.17) is 11.6 Å². The topological polar surface area (TPSA) is 17.8 Å². The first-order valence-electron chi connectivity index (χ1n) is 3.62. The summed E-state index contributed by atoms with van der Waals surface area (Å²) in [4.78, 5) is 4.03. The fourth-order valence-electron chi connectivity index (χ4n) is 0.960.